The summed E-state index contributed by atoms with van der Waals surface area (Å²) < 4.78 is 0. The zero-order chi connectivity index (χ0) is 51.7. The summed E-state index contributed by atoms with van der Waals surface area (Å²) in [5.41, 5.74) is 18.3. The van der Waals surface area contributed by atoms with E-state index in [1.807, 2.05) is 0 Å². The van der Waals surface area contributed by atoms with Gasteiger partial charge in [0, 0.05) is 34.1 Å². The molecule has 76 heavy (non-hydrogen) atoms. The average molecular weight is 1020 g/mol. The lowest BCUT2D eigenvalue weighted by molar-refractivity contribution is 0.686. The highest BCUT2D eigenvalue weighted by atomic mass is 28.3. The fourth-order valence-corrected chi connectivity index (χ4v) is 15.1. The van der Waals surface area contributed by atoms with Crippen LogP contribution in [0.2, 0.25) is 39.3 Å². The molecular weight excluding hydrogens is 949 g/mol. The molecule has 0 amide bonds. The van der Waals surface area contributed by atoms with Crippen LogP contribution in [0.15, 0.2) is 206 Å². The summed E-state index contributed by atoms with van der Waals surface area (Å²) in [6.45, 7) is 14.7. The molecule has 0 bridgehead atoms. The van der Waals surface area contributed by atoms with E-state index in [9.17, 15) is 0 Å². The summed E-state index contributed by atoms with van der Waals surface area (Å²) in [6, 6.07) is 80.0. The van der Waals surface area contributed by atoms with Crippen molar-refractivity contribution in [2.75, 3.05) is 9.80 Å². The van der Waals surface area contributed by atoms with Crippen LogP contribution < -0.4 is 20.2 Å². The number of fused-ring (bicyclic) bond motifs is 6. The zero-order valence-electron chi connectivity index (χ0n) is 45.2. The number of anilines is 6. The van der Waals surface area contributed by atoms with E-state index in [-0.39, 0.29) is 0 Å². The first kappa shape index (κ1) is 48.2. The molecule has 4 heteroatoms. The van der Waals surface area contributed by atoms with Gasteiger partial charge in [0.1, 0.15) is 0 Å². The molecule has 2 nitrogen and oxygen atoms in total. The second-order valence-electron chi connectivity index (χ2n) is 23.8. The summed E-state index contributed by atoms with van der Waals surface area (Å²) in [5, 5.41) is 12.9. The first-order valence-corrected chi connectivity index (χ1v) is 35.0. The molecule has 11 aromatic rings. The molecule has 0 aromatic heterocycles. The highest BCUT2D eigenvalue weighted by Gasteiger charge is 2.27. The lowest BCUT2D eigenvalue weighted by Gasteiger charge is -2.32. The molecule has 2 aliphatic carbocycles. The topological polar surface area (TPSA) is 6.48 Å². The van der Waals surface area contributed by atoms with Crippen LogP contribution in [-0.4, -0.2) is 16.1 Å². The lowest BCUT2D eigenvalue weighted by atomic mass is 9.84. The van der Waals surface area contributed by atoms with Gasteiger partial charge in [0.25, 0.3) is 0 Å². The van der Waals surface area contributed by atoms with Gasteiger partial charge < -0.3 is 9.80 Å². The van der Waals surface area contributed by atoms with Crippen molar-refractivity contribution in [3.8, 4) is 22.3 Å². The van der Waals surface area contributed by atoms with E-state index >= 15 is 0 Å². The number of nitrogens with zero attached hydrogens (tertiary/aromatic N) is 2. The van der Waals surface area contributed by atoms with E-state index in [4.69, 9.17) is 0 Å². The van der Waals surface area contributed by atoms with E-state index in [0.29, 0.717) is 0 Å². The molecule has 11 aromatic carbocycles. The summed E-state index contributed by atoms with van der Waals surface area (Å²) >= 11 is 0. The monoisotopic (exact) mass is 1020 g/mol. The van der Waals surface area contributed by atoms with Crippen LogP contribution in [0.3, 0.4) is 0 Å². The number of aryl methyl sites for hydroxylation is 2. The van der Waals surface area contributed by atoms with Gasteiger partial charge in [0.15, 0.2) is 0 Å². The highest BCUT2D eigenvalue weighted by Crippen LogP contribution is 2.50. The average Bonchev–Trinajstić information content (AvgIpc) is 3.58. The summed E-state index contributed by atoms with van der Waals surface area (Å²) in [5.74, 6) is 0. The van der Waals surface area contributed by atoms with Crippen LogP contribution in [0.25, 0.3) is 65.3 Å². The van der Waals surface area contributed by atoms with Gasteiger partial charge >= 0.3 is 0 Å². The standard InChI is InChI=1S/C72H68N2Si2/c1-75(2,3)61-39-33-57(34-40-61)73(69-27-15-23-51-19-11-13-25-63(51)69)59-37-43-65-67(47-59)71(55-31-29-49-17-7-9-21-53(49)45-55)66-44-38-60(48-68(66)72(65)56-32-30-50-18-8-10-22-54(50)46-56)74(58-35-41-62(42-36-58)76(4,5)6)70-28-16-24-52-20-12-14-26-64(52)70/h7-10,15-18,21-24,27-48H,11-14,19-20,25-26H2,1-6H3. The van der Waals surface area contributed by atoms with Crippen LogP contribution in [0.5, 0.6) is 0 Å². The number of rotatable bonds is 10. The first-order chi connectivity index (χ1) is 36.9. The third kappa shape index (κ3) is 8.76. The van der Waals surface area contributed by atoms with E-state index in [1.54, 1.807) is 0 Å². The van der Waals surface area contributed by atoms with Gasteiger partial charge in [-0.05, 0) is 212 Å². The Morgan fingerprint density at radius 1 is 0.303 bits per heavy atom. The predicted octanol–water partition coefficient (Wildman–Crippen LogP) is 19.4. The molecule has 374 valence electrons. The Hall–Kier alpha value is -7.51. The number of hydrogen-bond acceptors (Lipinski definition) is 2. The Morgan fingerprint density at radius 2 is 0.684 bits per heavy atom. The van der Waals surface area contributed by atoms with Crippen LogP contribution >= 0.6 is 0 Å². The van der Waals surface area contributed by atoms with Crippen molar-refractivity contribution < 1.29 is 0 Å². The smallest absolute Gasteiger partial charge is 0.0775 e. The molecular formula is C72H68N2Si2. The van der Waals surface area contributed by atoms with Crippen molar-refractivity contribution in [3.05, 3.63) is 229 Å². The van der Waals surface area contributed by atoms with Crippen molar-refractivity contribution in [1.29, 1.82) is 0 Å². The largest absolute Gasteiger partial charge is 0.310 e. The highest BCUT2D eigenvalue weighted by molar-refractivity contribution is 6.89. The Labute approximate surface area is 452 Å². The Bertz CT molecular complexity index is 3760. The Morgan fingerprint density at radius 3 is 1.09 bits per heavy atom. The zero-order valence-corrected chi connectivity index (χ0v) is 47.2. The maximum Gasteiger partial charge on any atom is 0.0775 e. The molecule has 0 atom stereocenters. The van der Waals surface area contributed by atoms with Gasteiger partial charge in [0.05, 0.1) is 16.1 Å². The minimum absolute atomic E-state index is 1.09. The van der Waals surface area contributed by atoms with Crippen LogP contribution in [-0.2, 0) is 25.7 Å². The molecule has 0 heterocycles. The summed E-state index contributed by atoms with van der Waals surface area (Å²) in [6.07, 6.45) is 9.37. The van der Waals surface area contributed by atoms with Gasteiger partial charge in [-0.3, -0.25) is 0 Å². The number of benzene rings is 11. The van der Waals surface area contributed by atoms with Crippen molar-refractivity contribution >= 4 is 104 Å². The maximum atomic E-state index is 2.58. The second-order valence-corrected chi connectivity index (χ2v) is 34.0. The van der Waals surface area contributed by atoms with E-state index < -0.39 is 16.1 Å². The van der Waals surface area contributed by atoms with Crippen molar-refractivity contribution in [2.24, 2.45) is 0 Å². The maximum absolute atomic E-state index is 2.58. The third-order valence-corrected chi connectivity index (χ3v) is 21.0. The van der Waals surface area contributed by atoms with Crippen LogP contribution in [0.1, 0.15) is 47.9 Å². The van der Waals surface area contributed by atoms with E-state index in [1.165, 1.54) is 158 Å². The van der Waals surface area contributed by atoms with Crippen molar-refractivity contribution in [2.45, 2.75) is 90.6 Å². The number of hydrogen-bond donors (Lipinski definition) is 0. The molecule has 13 rings (SSSR count). The Kier molecular flexibility index (Phi) is 12.2. The van der Waals surface area contributed by atoms with Gasteiger partial charge in [-0.2, -0.15) is 0 Å². The fourth-order valence-electron chi connectivity index (χ4n) is 12.8. The summed E-state index contributed by atoms with van der Waals surface area (Å²) in [4.78, 5) is 5.16. The van der Waals surface area contributed by atoms with Crippen molar-refractivity contribution in [3.63, 3.8) is 0 Å². The second kappa shape index (κ2) is 19.3. The molecule has 0 aliphatic heterocycles. The molecule has 0 radical (unpaired) electrons. The molecule has 0 saturated heterocycles. The minimum Gasteiger partial charge on any atom is -0.310 e. The minimum atomic E-state index is -1.54. The third-order valence-electron chi connectivity index (χ3n) is 16.9. The van der Waals surface area contributed by atoms with Crippen molar-refractivity contribution in [1.82, 2.24) is 0 Å². The molecule has 0 N–H and O–H groups in total. The van der Waals surface area contributed by atoms with Gasteiger partial charge in [-0.1, -0.05) is 183 Å². The van der Waals surface area contributed by atoms with Gasteiger partial charge in [-0.25, -0.2) is 0 Å². The van der Waals surface area contributed by atoms with Gasteiger partial charge in [-0.15, -0.1) is 0 Å². The van der Waals surface area contributed by atoms with Gasteiger partial charge in [0.2, 0.25) is 0 Å². The molecule has 0 spiro atoms. The Balaban J connectivity index is 1.13. The predicted molar refractivity (Wildman–Crippen MR) is 336 cm³/mol. The SMILES string of the molecule is C[Si](C)(C)c1ccc(N(c2ccc3c(-c4ccc5ccccc5c4)c4cc(N(c5ccc([Si](C)(C)C)cc5)c5cccc6c5CCCC6)ccc4c(-c4ccc5ccccc5c4)c3c2)c2cccc3c2CCCC3)cc1. The van der Waals surface area contributed by atoms with E-state index in [0.717, 1.165) is 25.7 Å². The normalized spacial score (nSPS) is 13.8. The quantitative estimate of drug-likeness (QED) is 0.0995. The first-order valence-electron chi connectivity index (χ1n) is 28.0. The molecule has 0 fully saturated rings. The molecule has 0 unspecified atom stereocenters. The molecule has 0 saturated carbocycles. The molecule has 2 aliphatic rings. The van der Waals surface area contributed by atoms with E-state index in [2.05, 4.69) is 255 Å². The summed E-state index contributed by atoms with van der Waals surface area (Å²) in [7, 11) is -3.08. The van der Waals surface area contributed by atoms with Crippen LogP contribution in [0, 0.1) is 0 Å². The fraction of sp³-hybridized carbons (Fsp3) is 0.194. The van der Waals surface area contributed by atoms with Crippen LogP contribution in [0.4, 0.5) is 34.1 Å². The lowest BCUT2D eigenvalue weighted by Crippen LogP contribution is -2.37.